The second-order valence-electron chi connectivity index (χ2n) is 11.8. The SMILES string of the molecule is CCCCCCCCCCCCN1CCC(c2cc[n+](CCCCCCCCCCCC)cc2)CC1. The van der Waals surface area contributed by atoms with Gasteiger partial charge in [0.2, 0.25) is 0 Å². The summed E-state index contributed by atoms with van der Waals surface area (Å²) < 4.78 is 2.41. The molecule has 0 aliphatic carbocycles. The van der Waals surface area contributed by atoms with Gasteiger partial charge in [0.1, 0.15) is 6.54 Å². The second kappa shape index (κ2) is 22.1. The van der Waals surface area contributed by atoms with Crippen LogP contribution in [0.4, 0.5) is 0 Å². The molecule has 0 saturated carbocycles. The monoisotopic (exact) mass is 499 g/mol. The average Bonchev–Trinajstić information content (AvgIpc) is 2.91. The molecule has 0 N–H and O–H groups in total. The lowest BCUT2D eigenvalue weighted by Crippen LogP contribution is -2.35. The summed E-state index contributed by atoms with van der Waals surface area (Å²) in [6.45, 7) is 9.73. The highest BCUT2D eigenvalue weighted by Crippen LogP contribution is 2.27. The fourth-order valence-corrected chi connectivity index (χ4v) is 5.98. The number of rotatable bonds is 23. The molecule has 0 spiro atoms. The molecule has 0 aromatic carbocycles. The molecule has 0 bridgehead atoms. The molecule has 2 nitrogen and oxygen atoms in total. The van der Waals surface area contributed by atoms with Crippen molar-refractivity contribution >= 4 is 0 Å². The molecule has 1 saturated heterocycles. The molecule has 1 aromatic heterocycles. The van der Waals surface area contributed by atoms with Crippen LogP contribution in [0.1, 0.15) is 167 Å². The number of hydrogen-bond donors (Lipinski definition) is 0. The van der Waals surface area contributed by atoms with Gasteiger partial charge in [0.05, 0.1) is 0 Å². The van der Waals surface area contributed by atoms with E-state index in [9.17, 15) is 0 Å². The second-order valence-corrected chi connectivity index (χ2v) is 11.8. The fraction of sp³-hybridized carbons (Fsp3) is 0.853. The van der Waals surface area contributed by atoms with Crippen LogP contribution in [0.2, 0.25) is 0 Å². The van der Waals surface area contributed by atoms with Crippen molar-refractivity contribution in [2.75, 3.05) is 19.6 Å². The molecule has 2 heteroatoms. The molecule has 208 valence electrons. The van der Waals surface area contributed by atoms with Crippen molar-refractivity contribution in [3.8, 4) is 0 Å². The van der Waals surface area contributed by atoms with Crippen molar-refractivity contribution in [1.29, 1.82) is 0 Å². The van der Waals surface area contributed by atoms with Gasteiger partial charge in [-0.1, -0.05) is 123 Å². The normalized spacial score (nSPS) is 15.1. The number of pyridine rings is 1. The Bertz CT molecular complexity index is 588. The molecule has 36 heavy (non-hydrogen) atoms. The van der Waals surface area contributed by atoms with E-state index >= 15 is 0 Å². The van der Waals surface area contributed by atoms with Crippen molar-refractivity contribution in [2.24, 2.45) is 0 Å². The largest absolute Gasteiger partial charge is 0.303 e. The summed E-state index contributed by atoms with van der Waals surface area (Å²) in [7, 11) is 0. The minimum absolute atomic E-state index is 0.779. The summed E-state index contributed by atoms with van der Waals surface area (Å²) >= 11 is 0. The average molecular weight is 500 g/mol. The Morgan fingerprint density at radius 3 is 1.47 bits per heavy atom. The lowest BCUT2D eigenvalue weighted by Gasteiger charge is -2.32. The summed E-state index contributed by atoms with van der Waals surface area (Å²) in [5.74, 6) is 0.779. The van der Waals surface area contributed by atoms with Crippen LogP contribution >= 0.6 is 0 Å². The Hall–Kier alpha value is -0.890. The summed E-state index contributed by atoms with van der Waals surface area (Å²) in [5, 5.41) is 0. The van der Waals surface area contributed by atoms with E-state index in [-0.39, 0.29) is 0 Å². The number of hydrogen-bond acceptors (Lipinski definition) is 1. The summed E-state index contributed by atoms with van der Waals surface area (Å²) in [4.78, 5) is 2.73. The molecule has 2 rings (SSSR count). The van der Waals surface area contributed by atoms with Gasteiger partial charge in [-0.25, -0.2) is 4.57 Å². The van der Waals surface area contributed by atoms with Crippen LogP contribution < -0.4 is 4.57 Å². The van der Waals surface area contributed by atoms with Crippen molar-refractivity contribution in [1.82, 2.24) is 4.90 Å². The Labute approximate surface area is 226 Å². The molecular weight excluding hydrogens is 436 g/mol. The van der Waals surface area contributed by atoms with Crippen molar-refractivity contribution in [3.05, 3.63) is 30.1 Å². The van der Waals surface area contributed by atoms with Crippen molar-refractivity contribution in [2.45, 2.75) is 168 Å². The van der Waals surface area contributed by atoms with Gasteiger partial charge >= 0.3 is 0 Å². The van der Waals surface area contributed by atoms with Gasteiger partial charge in [-0.3, -0.25) is 0 Å². The predicted octanol–water partition coefficient (Wildman–Crippen LogP) is 10.00. The topological polar surface area (TPSA) is 7.12 Å². The zero-order valence-electron chi connectivity index (χ0n) is 24.7. The predicted molar refractivity (Wildman–Crippen MR) is 159 cm³/mol. The van der Waals surface area contributed by atoms with E-state index in [1.54, 1.807) is 5.56 Å². The van der Waals surface area contributed by atoms with Crippen LogP contribution in [0.15, 0.2) is 24.5 Å². The molecule has 0 unspecified atom stereocenters. The van der Waals surface area contributed by atoms with Crippen LogP contribution in [0, 0.1) is 0 Å². The third-order valence-electron chi connectivity index (χ3n) is 8.57. The van der Waals surface area contributed by atoms with Gasteiger partial charge in [-0.2, -0.15) is 0 Å². The van der Waals surface area contributed by atoms with Gasteiger partial charge in [-0.05, 0) is 56.8 Å². The maximum atomic E-state index is 2.73. The van der Waals surface area contributed by atoms with Crippen LogP contribution in [0.3, 0.4) is 0 Å². The fourth-order valence-electron chi connectivity index (χ4n) is 5.98. The van der Waals surface area contributed by atoms with Crippen LogP contribution in [0.5, 0.6) is 0 Å². The minimum atomic E-state index is 0.779. The van der Waals surface area contributed by atoms with Gasteiger partial charge in [0.25, 0.3) is 0 Å². The van der Waals surface area contributed by atoms with Crippen molar-refractivity contribution < 1.29 is 4.57 Å². The standard InChI is InChI=1S/C34H63N2/c1-3-5-7-9-11-13-15-17-19-21-27-35-29-23-33(24-30-35)34-25-31-36(32-26-34)28-22-20-18-16-14-12-10-8-6-4-2/h23-24,29-30,34H,3-22,25-28,31-32H2,1-2H3/q+1. The van der Waals surface area contributed by atoms with E-state index in [4.69, 9.17) is 0 Å². The lowest BCUT2D eigenvalue weighted by molar-refractivity contribution is -0.697. The first kappa shape index (κ1) is 31.3. The molecule has 1 aliphatic heterocycles. The smallest absolute Gasteiger partial charge is 0.169 e. The van der Waals surface area contributed by atoms with Gasteiger partial charge in [-0.15, -0.1) is 0 Å². The van der Waals surface area contributed by atoms with E-state index in [1.807, 2.05) is 0 Å². The van der Waals surface area contributed by atoms with E-state index < -0.39 is 0 Å². The molecular formula is C34H63N2+. The maximum absolute atomic E-state index is 2.73. The highest BCUT2D eigenvalue weighted by Gasteiger charge is 2.20. The van der Waals surface area contributed by atoms with Gasteiger partial charge in [0, 0.05) is 18.6 Å². The summed E-state index contributed by atoms with van der Waals surface area (Å²) in [6.07, 6.45) is 35.9. The molecule has 0 amide bonds. The lowest BCUT2D eigenvalue weighted by atomic mass is 9.90. The summed E-state index contributed by atoms with van der Waals surface area (Å²) in [5.41, 5.74) is 1.58. The van der Waals surface area contributed by atoms with Crippen LogP contribution in [-0.4, -0.2) is 24.5 Å². The Kier molecular flexibility index (Phi) is 19.3. The highest BCUT2D eigenvalue weighted by atomic mass is 15.1. The maximum Gasteiger partial charge on any atom is 0.169 e. The quantitative estimate of drug-likeness (QED) is 0.107. The molecule has 2 heterocycles. The van der Waals surface area contributed by atoms with E-state index in [2.05, 4.69) is 47.8 Å². The van der Waals surface area contributed by atoms with Gasteiger partial charge < -0.3 is 4.90 Å². The first-order valence-electron chi connectivity index (χ1n) is 16.5. The Balaban J connectivity index is 1.45. The van der Waals surface area contributed by atoms with E-state index in [0.29, 0.717) is 0 Å². The Morgan fingerprint density at radius 2 is 1.00 bits per heavy atom. The molecule has 1 aliphatic rings. The first-order valence-corrected chi connectivity index (χ1v) is 16.5. The van der Waals surface area contributed by atoms with Crippen LogP contribution in [-0.2, 0) is 6.54 Å². The third-order valence-corrected chi connectivity index (χ3v) is 8.57. The minimum Gasteiger partial charge on any atom is -0.303 e. The zero-order chi connectivity index (χ0) is 25.5. The first-order chi connectivity index (χ1) is 17.8. The van der Waals surface area contributed by atoms with Crippen LogP contribution in [0.25, 0.3) is 0 Å². The number of aryl methyl sites for hydroxylation is 1. The number of likely N-dealkylation sites (tertiary alicyclic amines) is 1. The summed E-state index contributed by atoms with van der Waals surface area (Å²) in [6, 6.07) is 4.83. The molecule has 1 fully saturated rings. The molecule has 0 radical (unpaired) electrons. The van der Waals surface area contributed by atoms with E-state index in [0.717, 1.165) is 5.92 Å². The molecule has 0 atom stereocenters. The number of aromatic nitrogens is 1. The van der Waals surface area contributed by atoms with Gasteiger partial charge in [0.15, 0.2) is 12.4 Å². The number of nitrogens with zero attached hydrogens (tertiary/aromatic N) is 2. The third kappa shape index (κ3) is 15.4. The number of piperidine rings is 1. The zero-order valence-corrected chi connectivity index (χ0v) is 24.7. The highest BCUT2D eigenvalue weighted by molar-refractivity contribution is 5.14. The Morgan fingerprint density at radius 1 is 0.583 bits per heavy atom. The number of unbranched alkanes of at least 4 members (excludes halogenated alkanes) is 18. The molecule has 1 aromatic rings. The van der Waals surface area contributed by atoms with Crippen molar-refractivity contribution in [3.63, 3.8) is 0 Å². The van der Waals surface area contributed by atoms with E-state index in [1.165, 1.54) is 167 Å².